The topological polar surface area (TPSA) is 96.4 Å². The molecule has 1 aliphatic heterocycles. The monoisotopic (exact) mass is 438 g/mol. The number of hydrogen-bond donors (Lipinski definition) is 1. The SMILES string of the molecule is CCOC(=O)N1CCN(CCCOc2cc(O)c3c(c2)C(=O)c2ccccc2C3=O)CC1. The maximum Gasteiger partial charge on any atom is 0.409 e. The van der Waals surface area contributed by atoms with Crippen LogP contribution in [-0.4, -0.2) is 78.5 Å². The van der Waals surface area contributed by atoms with Crippen LogP contribution in [0.25, 0.3) is 0 Å². The van der Waals surface area contributed by atoms with E-state index in [0.717, 1.165) is 26.1 Å². The van der Waals surface area contributed by atoms with Crippen molar-refractivity contribution in [1.29, 1.82) is 0 Å². The van der Waals surface area contributed by atoms with Crippen LogP contribution in [0.15, 0.2) is 36.4 Å². The normalized spacial score (nSPS) is 15.8. The summed E-state index contributed by atoms with van der Waals surface area (Å²) in [6.07, 6.45) is 0.478. The highest BCUT2D eigenvalue weighted by Crippen LogP contribution is 2.35. The summed E-state index contributed by atoms with van der Waals surface area (Å²) in [5.41, 5.74) is 0.833. The first-order valence-electron chi connectivity index (χ1n) is 10.8. The van der Waals surface area contributed by atoms with Crippen LogP contribution < -0.4 is 4.74 Å². The second-order valence-corrected chi connectivity index (χ2v) is 7.80. The lowest BCUT2D eigenvalue weighted by Gasteiger charge is -2.33. The van der Waals surface area contributed by atoms with Gasteiger partial charge in [0, 0.05) is 55.5 Å². The van der Waals surface area contributed by atoms with Gasteiger partial charge in [-0.1, -0.05) is 24.3 Å². The molecule has 0 radical (unpaired) electrons. The Kier molecular flexibility index (Phi) is 6.41. The number of ketones is 2. The Hall–Kier alpha value is -3.39. The minimum atomic E-state index is -0.360. The lowest BCUT2D eigenvalue weighted by Crippen LogP contribution is -2.49. The summed E-state index contributed by atoms with van der Waals surface area (Å²) in [5.74, 6) is -0.550. The van der Waals surface area contributed by atoms with Crippen molar-refractivity contribution in [3.05, 3.63) is 58.7 Å². The number of nitrogens with zero attached hydrogens (tertiary/aromatic N) is 2. The van der Waals surface area contributed by atoms with Crippen molar-refractivity contribution in [2.75, 3.05) is 45.9 Å². The molecular weight excluding hydrogens is 412 g/mol. The highest BCUT2D eigenvalue weighted by atomic mass is 16.6. The minimum absolute atomic E-state index is 0.0283. The van der Waals surface area contributed by atoms with E-state index in [2.05, 4.69) is 4.90 Å². The van der Waals surface area contributed by atoms with Crippen LogP contribution in [0.4, 0.5) is 4.79 Å². The van der Waals surface area contributed by atoms with Crippen molar-refractivity contribution < 1.29 is 29.0 Å². The van der Waals surface area contributed by atoms with Crippen molar-refractivity contribution in [1.82, 2.24) is 9.80 Å². The van der Waals surface area contributed by atoms with Crippen LogP contribution in [0, 0.1) is 0 Å². The van der Waals surface area contributed by atoms with Crippen LogP contribution in [0.3, 0.4) is 0 Å². The highest BCUT2D eigenvalue weighted by molar-refractivity contribution is 6.29. The molecule has 0 bridgehead atoms. The lowest BCUT2D eigenvalue weighted by molar-refractivity contribution is 0.0781. The molecule has 0 aromatic heterocycles. The van der Waals surface area contributed by atoms with Gasteiger partial charge < -0.3 is 19.5 Å². The van der Waals surface area contributed by atoms with Crippen LogP contribution in [-0.2, 0) is 4.74 Å². The highest BCUT2D eigenvalue weighted by Gasteiger charge is 2.32. The molecule has 1 heterocycles. The average Bonchev–Trinajstić information content (AvgIpc) is 2.80. The van der Waals surface area contributed by atoms with Gasteiger partial charge in [-0.15, -0.1) is 0 Å². The molecule has 2 aromatic rings. The van der Waals surface area contributed by atoms with Crippen LogP contribution in [0.1, 0.15) is 45.2 Å². The molecule has 0 atom stereocenters. The number of benzene rings is 2. The lowest BCUT2D eigenvalue weighted by atomic mass is 9.83. The third-order valence-corrected chi connectivity index (χ3v) is 5.76. The van der Waals surface area contributed by atoms with Gasteiger partial charge in [0.25, 0.3) is 0 Å². The number of carbonyl (C=O) groups is 3. The first kappa shape index (κ1) is 21.8. The Morgan fingerprint density at radius 3 is 2.38 bits per heavy atom. The molecule has 0 unspecified atom stereocenters. The Morgan fingerprint density at radius 1 is 1.00 bits per heavy atom. The zero-order valence-electron chi connectivity index (χ0n) is 18.0. The van der Waals surface area contributed by atoms with Crippen molar-refractivity contribution in [3.8, 4) is 11.5 Å². The number of hydrogen-bond acceptors (Lipinski definition) is 7. The number of phenolic OH excluding ortho intramolecular Hbond substituents is 1. The van der Waals surface area contributed by atoms with E-state index in [-0.39, 0.29) is 34.5 Å². The third kappa shape index (κ3) is 4.31. The first-order chi connectivity index (χ1) is 15.5. The molecule has 1 fully saturated rings. The summed E-state index contributed by atoms with van der Waals surface area (Å²) < 4.78 is 10.8. The van der Waals surface area contributed by atoms with Crippen molar-refractivity contribution in [2.24, 2.45) is 0 Å². The molecule has 4 rings (SSSR count). The standard InChI is InChI=1S/C24H26N2O6/c1-2-31-24(30)26-11-9-25(10-12-26)8-5-13-32-16-14-19-21(20(27)15-16)23(29)18-7-4-3-6-17(18)22(19)28/h3-4,6-7,14-15,27H,2,5,8-13H2,1H3. The van der Waals surface area contributed by atoms with Crippen LogP contribution in [0.5, 0.6) is 11.5 Å². The summed E-state index contributed by atoms with van der Waals surface area (Å²) in [7, 11) is 0. The summed E-state index contributed by atoms with van der Waals surface area (Å²) >= 11 is 0. The maximum absolute atomic E-state index is 12.8. The molecule has 1 aliphatic carbocycles. The van der Waals surface area contributed by atoms with Crippen LogP contribution in [0.2, 0.25) is 0 Å². The first-order valence-corrected chi connectivity index (χ1v) is 10.8. The molecule has 1 saturated heterocycles. The van der Waals surface area contributed by atoms with E-state index in [1.807, 2.05) is 0 Å². The number of phenols is 1. The van der Waals surface area contributed by atoms with E-state index in [9.17, 15) is 19.5 Å². The van der Waals surface area contributed by atoms with Gasteiger partial charge in [-0.2, -0.15) is 0 Å². The fourth-order valence-corrected chi connectivity index (χ4v) is 4.11. The predicted octanol–water partition coefficient (Wildman–Crippen LogP) is 2.71. The van der Waals surface area contributed by atoms with Crippen molar-refractivity contribution in [3.63, 3.8) is 0 Å². The van der Waals surface area contributed by atoms with E-state index in [1.54, 1.807) is 36.1 Å². The van der Waals surface area contributed by atoms with E-state index >= 15 is 0 Å². The Labute approximate surface area is 186 Å². The predicted molar refractivity (Wildman–Crippen MR) is 117 cm³/mol. The zero-order chi connectivity index (χ0) is 22.7. The van der Waals surface area contributed by atoms with Gasteiger partial charge in [-0.25, -0.2) is 4.79 Å². The van der Waals surface area contributed by atoms with E-state index in [1.165, 1.54) is 12.1 Å². The molecule has 32 heavy (non-hydrogen) atoms. The summed E-state index contributed by atoms with van der Waals surface area (Å²) in [4.78, 5) is 41.3. The molecule has 0 spiro atoms. The number of carbonyl (C=O) groups excluding carboxylic acids is 3. The largest absolute Gasteiger partial charge is 0.507 e. The van der Waals surface area contributed by atoms with Gasteiger partial charge in [-0.05, 0) is 19.4 Å². The molecule has 2 aliphatic rings. The molecule has 2 aromatic carbocycles. The summed E-state index contributed by atoms with van der Waals surface area (Å²) in [6.45, 7) is 6.19. The number of ether oxygens (including phenoxy) is 2. The smallest absolute Gasteiger partial charge is 0.409 e. The molecule has 0 saturated carbocycles. The fourth-order valence-electron chi connectivity index (χ4n) is 4.11. The third-order valence-electron chi connectivity index (χ3n) is 5.76. The molecule has 1 N–H and O–H groups in total. The average molecular weight is 438 g/mol. The van der Waals surface area contributed by atoms with E-state index < -0.39 is 0 Å². The summed E-state index contributed by atoms with van der Waals surface area (Å²) in [6, 6.07) is 9.53. The molecule has 8 nitrogen and oxygen atoms in total. The summed E-state index contributed by atoms with van der Waals surface area (Å²) in [5, 5.41) is 10.4. The number of fused-ring (bicyclic) bond motifs is 2. The number of rotatable bonds is 6. The van der Waals surface area contributed by atoms with Crippen LogP contribution >= 0.6 is 0 Å². The second-order valence-electron chi connectivity index (χ2n) is 7.80. The fraction of sp³-hybridized carbons (Fsp3) is 0.375. The van der Waals surface area contributed by atoms with Gasteiger partial charge in [0.1, 0.15) is 11.5 Å². The minimum Gasteiger partial charge on any atom is -0.507 e. The second kappa shape index (κ2) is 9.40. The molecule has 1 amide bonds. The maximum atomic E-state index is 12.8. The van der Waals surface area contributed by atoms with Gasteiger partial charge in [-0.3, -0.25) is 14.5 Å². The van der Waals surface area contributed by atoms with Gasteiger partial charge in [0.05, 0.1) is 18.8 Å². The number of piperazine rings is 1. The van der Waals surface area contributed by atoms with Gasteiger partial charge in [0.2, 0.25) is 0 Å². The Bertz CT molecular complexity index is 1040. The number of aromatic hydroxyl groups is 1. The van der Waals surface area contributed by atoms with Gasteiger partial charge >= 0.3 is 6.09 Å². The van der Waals surface area contributed by atoms with Crippen molar-refractivity contribution >= 4 is 17.7 Å². The molecule has 168 valence electrons. The quantitative estimate of drug-likeness (QED) is 0.591. The Balaban J connectivity index is 1.32. The zero-order valence-corrected chi connectivity index (χ0v) is 18.0. The Morgan fingerprint density at radius 2 is 1.69 bits per heavy atom. The molecular formula is C24H26N2O6. The van der Waals surface area contributed by atoms with E-state index in [0.29, 0.717) is 43.2 Å². The van der Waals surface area contributed by atoms with Gasteiger partial charge in [0.15, 0.2) is 11.6 Å². The van der Waals surface area contributed by atoms with Crippen molar-refractivity contribution in [2.45, 2.75) is 13.3 Å². The van der Waals surface area contributed by atoms with E-state index in [4.69, 9.17) is 9.47 Å². The number of amides is 1. The molecule has 8 heteroatoms.